The van der Waals surface area contributed by atoms with Crippen LogP contribution in [-0.2, 0) is 0 Å². The van der Waals surface area contributed by atoms with Gasteiger partial charge in [-0.25, -0.2) is 14.0 Å². The van der Waals surface area contributed by atoms with Gasteiger partial charge >= 0.3 is 12.0 Å². The van der Waals surface area contributed by atoms with E-state index in [2.05, 4.69) is 5.32 Å². The minimum Gasteiger partial charge on any atom is -0.478 e. The molecule has 2 amide bonds. The van der Waals surface area contributed by atoms with E-state index in [1.165, 1.54) is 0 Å². The molecule has 1 fully saturated rings. The molecule has 102 valence electrons. The highest BCUT2D eigenvalue weighted by atomic mass is 19.1. The van der Waals surface area contributed by atoms with Crippen LogP contribution in [0.25, 0.3) is 0 Å². The van der Waals surface area contributed by atoms with Gasteiger partial charge in [0.25, 0.3) is 0 Å². The van der Waals surface area contributed by atoms with Gasteiger partial charge in [-0.1, -0.05) is 6.92 Å². The fourth-order valence-corrected chi connectivity index (χ4v) is 2.12. The normalized spacial score (nSPS) is 18.4. The van der Waals surface area contributed by atoms with Gasteiger partial charge in [0.1, 0.15) is 5.82 Å². The first-order valence-corrected chi connectivity index (χ1v) is 6.06. The Hall–Kier alpha value is -2.11. The van der Waals surface area contributed by atoms with Crippen LogP contribution in [0.2, 0.25) is 0 Å². The van der Waals surface area contributed by atoms with Crippen molar-refractivity contribution in [2.45, 2.75) is 13.3 Å². The number of urea groups is 1. The Morgan fingerprint density at radius 3 is 2.79 bits per heavy atom. The summed E-state index contributed by atoms with van der Waals surface area (Å²) in [6.45, 7) is 3.30. The highest BCUT2D eigenvalue weighted by molar-refractivity contribution is 6.00. The summed E-state index contributed by atoms with van der Waals surface area (Å²) in [7, 11) is 0. The predicted octanol–water partition coefficient (Wildman–Crippen LogP) is 2.40. The number of halogens is 1. The van der Waals surface area contributed by atoms with Crippen molar-refractivity contribution >= 4 is 17.7 Å². The molecule has 1 aromatic carbocycles. The van der Waals surface area contributed by atoms with Crippen molar-refractivity contribution < 1.29 is 19.1 Å². The van der Waals surface area contributed by atoms with Gasteiger partial charge < -0.3 is 15.3 Å². The second-order valence-corrected chi connectivity index (χ2v) is 4.77. The molecule has 1 saturated heterocycles. The van der Waals surface area contributed by atoms with Gasteiger partial charge in [-0.2, -0.15) is 0 Å². The van der Waals surface area contributed by atoms with E-state index in [1.807, 2.05) is 6.92 Å². The number of carbonyl (C=O) groups is 2. The number of hydrogen-bond acceptors (Lipinski definition) is 2. The van der Waals surface area contributed by atoms with Crippen molar-refractivity contribution in [3.05, 3.63) is 29.6 Å². The number of rotatable bonds is 2. The lowest BCUT2D eigenvalue weighted by molar-refractivity contribution is 0.0698. The van der Waals surface area contributed by atoms with E-state index in [0.717, 1.165) is 24.6 Å². The molecule has 0 radical (unpaired) electrons. The maximum Gasteiger partial charge on any atom is 0.337 e. The summed E-state index contributed by atoms with van der Waals surface area (Å²) in [5.41, 5.74) is -0.140. The van der Waals surface area contributed by atoms with Crippen LogP contribution in [0.15, 0.2) is 18.2 Å². The lowest BCUT2D eigenvalue weighted by atomic mass is 10.1. The molecule has 0 spiro atoms. The lowest BCUT2D eigenvalue weighted by Gasteiger charge is -2.17. The number of anilines is 1. The highest BCUT2D eigenvalue weighted by Gasteiger charge is 2.24. The van der Waals surface area contributed by atoms with Crippen LogP contribution in [0.1, 0.15) is 23.7 Å². The molecule has 1 unspecified atom stereocenters. The fourth-order valence-electron chi connectivity index (χ4n) is 2.12. The van der Waals surface area contributed by atoms with Crippen molar-refractivity contribution in [1.82, 2.24) is 4.90 Å². The van der Waals surface area contributed by atoms with Gasteiger partial charge in [0.15, 0.2) is 0 Å². The summed E-state index contributed by atoms with van der Waals surface area (Å²) in [6, 6.07) is 2.81. The monoisotopic (exact) mass is 266 g/mol. The first-order valence-electron chi connectivity index (χ1n) is 6.06. The third kappa shape index (κ3) is 3.01. The molecule has 0 saturated carbocycles. The third-order valence-corrected chi connectivity index (χ3v) is 3.16. The predicted molar refractivity (Wildman–Crippen MR) is 67.7 cm³/mol. The zero-order valence-corrected chi connectivity index (χ0v) is 10.5. The number of aromatic carboxylic acids is 1. The highest BCUT2D eigenvalue weighted by Crippen LogP contribution is 2.20. The molecule has 1 aliphatic rings. The lowest BCUT2D eigenvalue weighted by Crippen LogP contribution is -2.33. The summed E-state index contributed by atoms with van der Waals surface area (Å²) in [6.07, 6.45) is 0.919. The Kier molecular flexibility index (Phi) is 3.69. The topological polar surface area (TPSA) is 69.6 Å². The number of carboxylic acids is 1. The number of amides is 2. The molecule has 5 nitrogen and oxygen atoms in total. The standard InChI is InChI=1S/C13H15FN2O3/c1-8-4-5-16(7-8)13(19)15-11-6-9(14)2-3-10(11)12(17)18/h2-3,6,8H,4-5,7H2,1H3,(H,15,19)(H,17,18). The minimum atomic E-state index is -1.20. The Morgan fingerprint density at radius 1 is 1.47 bits per heavy atom. The average molecular weight is 266 g/mol. The molecule has 0 aromatic heterocycles. The van der Waals surface area contributed by atoms with Crippen LogP contribution in [-0.4, -0.2) is 35.1 Å². The molecule has 0 bridgehead atoms. The molecule has 2 rings (SSSR count). The first-order chi connectivity index (χ1) is 8.97. The van der Waals surface area contributed by atoms with Crippen LogP contribution < -0.4 is 5.32 Å². The van der Waals surface area contributed by atoms with Crippen LogP contribution in [0, 0.1) is 11.7 Å². The number of nitrogens with one attached hydrogen (secondary N) is 1. The largest absolute Gasteiger partial charge is 0.478 e. The maximum absolute atomic E-state index is 13.1. The molecule has 2 N–H and O–H groups in total. The zero-order chi connectivity index (χ0) is 14.0. The molecule has 19 heavy (non-hydrogen) atoms. The number of nitrogens with zero attached hydrogens (tertiary/aromatic N) is 1. The van der Waals surface area contributed by atoms with E-state index in [0.29, 0.717) is 19.0 Å². The van der Waals surface area contributed by atoms with Gasteiger partial charge in [0.05, 0.1) is 11.3 Å². The Bertz CT molecular complexity index is 519. The summed E-state index contributed by atoms with van der Waals surface area (Å²) >= 11 is 0. The second kappa shape index (κ2) is 5.26. The summed E-state index contributed by atoms with van der Waals surface area (Å²) < 4.78 is 13.1. The van der Waals surface area contributed by atoms with Crippen LogP contribution in [0.5, 0.6) is 0 Å². The van der Waals surface area contributed by atoms with E-state index < -0.39 is 17.8 Å². The van der Waals surface area contributed by atoms with Crippen LogP contribution >= 0.6 is 0 Å². The zero-order valence-electron chi connectivity index (χ0n) is 10.5. The fraction of sp³-hybridized carbons (Fsp3) is 0.385. The minimum absolute atomic E-state index is 0.0166. The number of likely N-dealkylation sites (tertiary alicyclic amines) is 1. The van der Waals surface area contributed by atoms with Gasteiger partial charge in [-0.05, 0) is 30.5 Å². The summed E-state index contributed by atoms with van der Waals surface area (Å²) in [4.78, 5) is 24.5. The smallest absolute Gasteiger partial charge is 0.337 e. The van der Waals surface area contributed by atoms with Crippen molar-refractivity contribution in [2.75, 3.05) is 18.4 Å². The van der Waals surface area contributed by atoms with Crippen molar-refractivity contribution in [1.29, 1.82) is 0 Å². The molecule has 1 atom stereocenters. The number of benzene rings is 1. The second-order valence-electron chi connectivity index (χ2n) is 4.77. The van der Waals surface area contributed by atoms with Crippen LogP contribution in [0.4, 0.5) is 14.9 Å². The van der Waals surface area contributed by atoms with E-state index in [1.54, 1.807) is 4.90 Å². The first kappa shape index (κ1) is 13.3. The molecule has 1 aliphatic heterocycles. The molecule has 0 aliphatic carbocycles. The Labute approximate surface area is 110 Å². The van der Waals surface area contributed by atoms with Crippen molar-refractivity contribution in [2.24, 2.45) is 5.92 Å². The SMILES string of the molecule is CC1CCN(C(=O)Nc2cc(F)ccc2C(=O)O)C1. The molecule has 1 heterocycles. The molecule has 1 aromatic rings. The van der Waals surface area contributed by atoms with E-state index in [9.17, 15) is 14.0 Å². The molecular weight excluding hydrogens is 251 g/mol. The number of carbonyl (C=O) groups excluding carboxylic acids is 1. The Balaban J connectivity index is 2.16. The summed E-state index contributed by atoms with van der Waals surface area (Å²) in [5.74, 6) is -1.36. The number of hydrogen-bond donors (Lipinski definition) is 2. The maximum atomic E-state index is 13.1. The molecular formula is C13H15FN2O3. The van der Waals surface area contributed by atoms with Gasteiger partial charge in [0.2, 0.25) is 0 Å². The average Bonchev–Trinajstić information content (AvgIpc) is 2.75. The van der Waals surface area contributed by atoms with Gasteiger partial charge in [-0.15, -0.1) is 0 Å². The van der Waals surface area contributed by atoms with Gasteiger partial charge in [0, 0.05) is 13.1 Å². The van der Waals surface area contributed by atoms with Crippen molar-refractivity contribution in [3.8, 4) is 0 Å². The Morgan fingerprint density at radius 2 is 2.21 bits per heavy atom. The van der Waals surface area contributed by atoms with E-state index in [-0.39, 0.29) is 11.3 Å². The number of carboxylic acid groups (broad SMARTS) is 1. The van der Waals surface area contributed by atoms with Crippen LogP contribution in [0.3, 0.4) is 0 Å². The quantitative estimate of drug-likeness (QED) is 0.863. The van der Waals surface area contributed by atoms with E-state index in [4.69, 9.17) is 5.11 Å². The molecule has 6 heteroatoms. The van der Waals surface area contributed by atoms with Gasteiger partial charge in [-0.3, -0.25) is 0 Å². The summed E-state index contributed by atoms with van der Waals surface area (Å²) in [5, 5.41) is 11.5. The van der Waals surface area contributed by atoms with E-state index >= 15 is 0 Å². The third-order valence-electron chi connectivity index (χ3n) is 3.16. The van der Waals surface area contributed by atoms with Crippen molar-refractivity contribution in [3.63, 3.8) is 0 Å².